The minimum atomic E-state index is -1.46. The van der Waals surface area contributed by atoms with E-state index in [4.69, 9.17) is 9.47 Å². The van der Waals surface area contributed by atoms with E-state index in [1.165, 1.54) is 22.3 Å². The molecule has 0 aliphatic carbocycles. The van der Waals surface area contributed by atoms with E-state index in [1.807, 2.05) is 76.3 Å². The molecule has 0 amide bonds. The van der Waals surface area contributed by atoms with Gasteiger partial charge in [-0.3, -0.25) is 4.79 Å². The molecule has 292 valence electrons. The van der Waals surface area contributed by atoms with E-state index >= 15 is 0 Å². The van der Waals surface area contributed by atoms with E-state index in [0.29, 0.717) is 12.0 Å². The molecule has 1 aliphatic heterocycles. The topological polar surface area (TPSA) is 116 Å². The molecule has 7 heteroatoms. The summed E-state index contributed by atoms with van der Waals surface area (Å²) in [4.78, 5) is 11.6. The quantitative estimate of drug-likeness (QED) is 0.0403. The van der Waals surface area contributed by atoms with Crippen LogP contribution >= 0.6 is 0 Å². The summed E-state index contributed by atoms with van der Waals surface area (Å²) in [5.74, 6) is 0. The number of aldehydes is 1. The van der Waals surface area contributed by atoms with Crippen LogP contribution in [-0.4, -0.2) is 69.6 Å². The number of rotatable bonds is 21. The fourth-order valence-corrected chi connectivity index (χ4v) is 5.15. The van der Waals surface area contributed by atoms with Crippen LogP contribution in [0.4, 0.5) is 0 Å². The van der Waals surface area contributed by atoms with Gasteiger partial charge in [-0.15, -0.1) is 0 Å². The number of allylic oxidation sites excluding steroid dienone is 24. The minimum Gasteiger partial charge on any atom is -0.394 e. The zero-order valence-electron chi connectivity index (χ0n) is 33.5. The van der Waals surface area contributed by atoms with Crippen molar-refractivity contribution in [2.24, 2.45) is 0 Å². The van der Waals surface area contributed by atoms with Gasteiger partial charge in [-0.2, -0.15) is 0 Å². The van der Waals surface area contributed by atoms with Crippen molar-refractivity contribution in [3.63, 3.8) is 0 Å². The lowest BCUT2D eigenvalue weighted by Crippen LogP contribution is -2.60. The summed E-state index contributed by atoms with van der Waals surface area (Å²) in [6, 6.07) is 0. The highest BCUT2D eigenvalue weighted by Gasteiger charge is 2.45. The van der Waals surface area contributed by atoms with Gasteiger partial charge >= 0.3 is 0 Å². The molecule has 0 aromatic heterocycles. The summed E-state index contributed by atoms with van der Waals surface area (Å²) in [5, 5.41) is 39.7. The molecule has 1 fully saturated rings. The van der Waals surface area contributed by atoms with Crippen molar-refractivity contribution in [2.45, 2.75) is 131 Å². The lowest BCUT2D eigenvalue weighted by molar-refractivity contribution is -0.323. The van der Waals surface area contributed by atoms with E-state index in [-0.39, 0.29) is 0 Å². The zero-order valence-corrected chi connectivity index (χ0v) is 33.5. The van der Waals surface area contributed by atoms with Gasteiger partial charge in [0.1, 0.15) is 30.7 Å². The summed E-state index contributed by atoms with van der Waals surface area (Å²) in [6.45, 7) is 17.9. The molecule has 1 rings (SSSR count). The summed E-state index contributed by atoms with van der Waals surface area (Å²) >= 11 is 0. The van der Waals surface area contributed by atoms with E-state index < -0.39 is 42.9 Å². The van der Waals surface area contributed by atoms with Crippen LogP contribution in [0.15, 0.2) is 142 Å². The van der Waals surface area contributed by atoms with Crippen molar-refractivity contribution in [3.8, 4) is 0 Å². The molecule has 5 atom stereocenters. The van der Waals surface area contributed by atoms with Crippen molar-refractivity contribution in [1.29, 1.82) is 0 Å². The molecule has 1 aliphatic rings. The van der Waals surface area contributed by atoms with Crippen LogP contribution in [0.3, 0.4) is 0 Å². The van der Waals surface area contributed by atoms with Crippen molar-refractivity contribution < 1.29 is 34.7 Å². The Hall–Kier alpha value is -3.69. The molecule has 0 aromatic rings. The highest BCUT2D eigenvalue weighted by molar-refractivity contribution is 5.78. The van der Waals surface area contributed by atoms with Gasteiger partial charge in [0.05, 0.1) is 12.2 Å². The third-order valence-electron chi connectivity index (χ3n) is 8.47. The summed E-state index contributed by atoms with van der Waals surface area (Å²) in [5.41, 5.74) is 7.13. The second-order valence-electron chi connectivity index (χ2n) is 14.6. The van der Waals surface area contributed by atoms with Crippen molar-refractivity contribution >= 4 is 6.29 Å². The number of hydrogen-bond donors (Lipinski definition) is 4. The number of aliphatic hydroxyl groups excluding tert-OH is 4. The van der Waals surface area contributed by atoms with Crippen LogP contribution in [0.2, 0.25) is 0 Å². The predicted molar refractivity (Wildman–Crippen MR) is 220 cm³/mol. The fraction of sp³-hybridized carbons (Fsp3) is 0.457. The van der Waals surface area contributed by atoms with Crippen LogP contribution in [0.25, 0.3) is 0 Å². The molecular weight excluding hydrogens is 664 g/mol. The van der Waals surface area contributed by atoms with Crippen molar-refractivity contribution in [1.82, 2.24) is 0 Å². The van der Waals surface area contributed by atoms with Crippen LogP contribution < -0.4 is 0 Å². The Bertz CT molecular complexity index is 1500. The lowest BCUT2D eigenvalue weighted by atomic mass is 9.96. The Morgan fingerprint density at radius 2 is 1.17 bits per heavy atom. The minimum absolute atomic E-state index is 0.493. The highest BCUT2D eigenvalue weighted by atomic mass is 16.7. The van der Waals surface area contributed by atoms with Crippen molar-refractivity contribution in [2.75, 3.05) is 6.61 Å². The molecule has 1 saturated heterocycles. The molecule has 7 nitrogen and oxygen atoms in total. The maximum atomic E-state index is 11.6. The van der Waals surface area contributed by atoms with Gasteiger partial charge in [0.2, 0.25) is 0 Å². The van der Waals surface area contributed by atoms with E-state index in [0.717, 1.165) is 43.1 Å². The molecule has 53 heavy (non-hydrogen) atoms. The first-order valence-corrected chi connectivity index (χ1v) is 18.6. The Morgan fingerprint density at radius 3 is 1.72 bits per heavy atom. The van der Waals surface area contributed by atoms with Gasteiger partial charge in [-0.25, -0.2) is 0 Å². The van der Waals surface area contributed by atoms with Crippen LogP contribution in [0.1, 0.15) is 94.4 Å². The number of carbonyl (C=O) groups is 1. The Kier molecular flexibility index (Phi) is 23.3. The smallest absolute Gasteiger partial charge is 0.187 e. The molecule has 0 radical (unpaired) electrons. The summed E-state index contributed by atoms with van der Waals surface area (Å²) in [6.07, 6.45) is 32.9. The predicted octanol–water partition coefficient (Wildman–Crippen LogP) is 9.14. The SMILES string of the molecule is CC(C)=CCCC(C)=CC=CC(C)=CC=CC(C)=CC=CC=C(C=O)C=CC=C(C)C=CC=C(C)CCCC(C)(C)OC1OC(CO)C(O)C(O)C1O. The van der Waals surface area contributed by atoms with Gasteiger partial charge in [0.25, 0.3) is 0 Å². The fourth-order valence-electron chi connectivity index (χ4n) is 5.15. The zero-order chi connectivity index (χ0) is 39.8. The molecular formula is C46H66O7. The highest BCUT2D eigenvalue weighted by Crippen LogP contribution is 2.28. The molecule has 0 saturated carbocycles. The normalized spacial score (nSPS) is 23.5. The second-order valence-corrected chi connectivity index (χ2v) is 14.6. The van der Waals surface area contributed by atoms with E-state index in [2.05, 4.69) is 77.2 Å². The summed E-state index contributed by atoms with van der Waals surface area (Å²) in [7, 11) is 0. The van der Waals surface area contributed by atoms with E-state index in [9.17, 15) is 25.2 Å². The summed E-state index contributed by atoms with van der Waals surface area (Å²) < 4.78 is 11.4. The first-order valence-electron chi connectivity index (χ1n) is 18.6. The van der Waals surface area contributed by atoms with Crippen molar-refractivity contribution in [3.05, 3.63) is 142 Å². The lowest BCUT2D eigenvalue weighted by Gasteiger charge is -2.42. The van der Waals surface area contributed by atoms with Gasteiger partial charge in [-0.05, 0) is 94.4 Å². The van der Waals surface area contributed by atoms with Gasteiger partial charge in [0.15, 0.2) is 6.29 Å². The van der Waals surface area contributed by atoms with Gasteiger partial charge in [-0.1, -0.05) is 137 Å². The third-order valence-corrected chi connectivity index (χ3v) is 8.47. The number of carbonyl (C=O) groups excluding carboxylic acids is 1. The number of aliphatic hydroxyl groups is 4. The largest absolute Gasteiger partial charge is 0.394 e. The molecule has 0 aromatic carbocycles. The first-order chi connectivity index (χ1) is 25.1. The maximum Gasteiger partial charge on any atom is 0.187 e. The Labute approximate surface area is 319 Å². The first kappa shape index (κ1) is 47.3. The van der Waals surface area contributed by atoms with Crippen LogP contribution in [0.5, 0.6) is 0 Å². The van der Waals surface area contributed by atoms with Gasteiger partial charge < -0.3 is 29.9 Å². The average Bonchev–Trinajstić information content (AvgIpc) is 3.09. The van der Waals surface area contributed by atoms with Crippen LogP contribution in [-0.2, 0) is 14.3 Å². The Morgan fingerprint density at radius 1 is 0.660 bits per heavy atom. The molecule has 0 spiro atoms. The Balaban J connectivity index is 2.57. The molecule has 4 N–H and O–H groups in total. The molecule has 5 unspecified atom stereocenters. The standard InChI is InChI=1S/C46H66O7/c1-34(2)18-12-20-36(4)22-14-24-37(5)23-13-21-35(3)19-10-11-29-40(32-47)30-16-27-38(6)25-15-26-39(7)28-17-31-46(8,9)53-45-44(51)43(50)42(49)41(33-48)52-45/h10-11,13-16,18-19,21-27,29-30,32,41-45,48-51H,12,17,20,28,31,33H2,1-9H3. The number of hydrogen-bond acceptors (Lipinski definition) is 7. The van der Waals surface area contributed by atoms with E-state index in [1.54, 1.807) is 12.2 Å². The average molecular weight is 731 g/mol. The number of ether oxygens (including phenoxy) is 2. The molecule has 1 heterocycles. The monoisotopic (exact) mass is 730 g/mol. The third kappa shape index (κ3) is 21.6. The second kappa shape index (κ2) is 26.1. The van der Waals surface area contributed by atoms with Gasteiger partial charge in [0, 0.05) is 5.57 Å². The maximum absolute atomic E-state index is 11.6. The van der Waals surface area contributed by atoms with Crippen LogP contribution in [0, 0.1) is 0 Å². The molecule has 0 bridgehead atoms.